The van der Waals surface area contributed by atoms with Crippen LogP contribution in [0.2, 0.25) is 0 Å². The van der Waals surface area contributed by atoms with Crippen LogP contribution in [0, 0.1) is 0 Å². The zero-order chi connectivity index (χ0) is 18.2. The van der Waals surface area contributed by atoms with E-state index in [0.717, 1.165) is 24.0 Å². The predicted molar refractivity (Wildman–Crippen MR) is 106 cm³/mol. The van der Waals surface area contributed by atoms with Crippen molar-refractivity contribution in [3.05, 3.63) is 77.1 Å². The van der Waals surface area contributed by atoms with Gasteiger partial charge in [-0.3, -0.25) is 0 Å². The lowest BCUT2D eigenvalue weighted by atomic mass is 10.1. The number of rotatable bonds is 7. The summed E-state index contributed by atoms with van der Waals surface area (Å²) in [5.41, 5.74) is 7.50. The van der Waals surface area contributed by atoms with Crippen LogP contribution in [0.4, 0.5) is 5.95 Å². The van der Waals surface area contributed by atoms with E-state index in [-0.39, 0.29) is 0 Å². The summed E-state index contributed by atoms with van der Waals surface area (Å²) in [4.78, 5) is 0. The summed E-state index contributed by atoms with van der Waals surface area (Å²) < 4.78 is 1.55. The zero-order valence-electron chi connectivity index (χ0n) is 15.0. The molecule has 0 saturated carbocycles. The van der Waals surface area contributed by atoms with E-state index in [4.69, 9.17) is 0 Å². The Hall–Kier alpha value is -3.28. The summed E-state index contributed by atoms with van der Waals surface area (Å²) >= 11 is 0. The first-order valence-corrected chi connectivity index (χ1v) is 8.70. The second kappa shape index (κ2) is 8.71. The number of anilines is 1. The van der Waals surface area contributed by atoms with Crippen molar-refractivity contribution in [3.63, 3.8) is 0 Å². The molecule has 0 saturated heterocycles. The van der Waals surface area contributed by atoms with Crippen LogP contribution in [-0.2, 0) is 12.8 Å². The molecule has 0 aliphatic carbocycles. The van der Waals surface area contributed by atoms with E-state index in [0.29, 0.717) is 5.95 Å². The average molecular weight is 346 g/mol. The summed E-state index contributed by atoms with van der Waals surface area (Å²) in [5, 5.41) is 16.4. The molecule has 3 rings (SSSR count). The Labute approximate surface area is 153 Å². The van der Waals surface area contributed by atoms with E-state index in [1.54, 1.807) is 17.1 Å². The van der Waals surface area contributed by atoms with Gasteiger partial charge >= 0.3 is 0 Å². The highest BCUT2D eigenvalue weighted by Crippen LogP contribution is 2.06. The largest absolute Gasteiger partial charge is 0.265 e. The molecule has 1 aromatic heterocycles. The van der Waals surface area contributed by atoms with Gasteiger partial charge in [0.1, 0.15) is 6.33 Å². The molecule has 1 N–H and O–H groups in total. The highest BCUT2D eigenvalue weighted by Gasteiger charge is 2.00. The SMILES string of the molecule is CCc1ccc(/C=N\n2cnnc2N/N=C/c2ccc(CC)cc2)cc1. The van der Waals surface area contributed by atoms with Crippen LogP contribution in [-0.4, -0.2) is 27.3 Å². The number of hydrogen-bond donors (Lipinski definition) is 1. The lowest BCUT2D eigenvalue weighted by molar-refractivity contribution is 0.879. The lowest BCUT2D eigenvalue weighted by Gasteiger charge is -2.00. The number of nitrogens with one attached hydrogen (secondary N) is 1. The molecule has 0 unspecified atom stereocenters. The first-order valence-electron chi connectivity index (χ1n) is 8.70. The summed E-state index contributed by atoms with van der Waals surface area (Å²) in [7, 11) is 0. The first kappa shape index (κ1) is 17.5. The number of hydrogen-bond acceptors (Lipinski definition) is 5. The van der Waals surface area contributed by atoms with E-state index in [9.17, 15) is 0 Å². The third kappa shape index (κ3) is 4.63. The van der Waals surface area contributed by atoms with Gasteiger partial charge in [-0.1, -0.05) is 62.4 Å². The van der Waals surface area contributed by atoms with Gasteiger partial charge in [-0.2, -0.15) is 14.9 Å². The molecular weight excluding hydrogens is 324 g/mol. The van der Waals surface area contributed by atoms with Gasteiger partial charge in [0.15, 0.2) is 0 Å². The molecule has 6 heteroatoms. The molecular formula is C20H22N6. The summed E-state index contributed by atoms with van der Waals surface area (Å²) in [6.45, 7) is 4.27. The molecule has 3 aromatic rings. The monoisotopic (exact) mass is 346 g/mol. The molecule has 0 bridgehead atoms. The van der Waals surface area contributed by atoms with Crippen molar-refractivity contribution in [1.82, 2.24) is 14.9 Å². The highest BCUT2D eigenvalue weighted by atomic mass is 15.5. The fourth-order valence-electron chi connectivity index (χ4n) is 2.36. The van der Waals surface area contributed by atoms with Crippen LogP contribution >= 0.6 is 0 Å². The van der Waals surface area contributed by atoms with Gasteiger partial charge in [-0.25, -0.2) is 5.43 Å². The van der Waals surface area contributed by atoms with Crippen LogP contribution < -0.4 is 5.43 Å². The number of benzene rings is 2. The lowest BCUT2D eigenvalue weighted by Crippen LogP contribution is -1.99. The fourth-order valence-corrected chi connectivity index (χ4v) is 2.36. The maximum absolute atomic E-state index is 4.37. The molecule has 0 aliphatic heterocycles. The normalized spacial score (nSPS) is 11.5. The van der Waals surface area contributed by atoms with E-state index in [2.05, 4.69) is 63.9 Å². The van der Waals surface area contributed by atoms with Gasteiger partial charge in [0.05, 0.1) is 12.4 Å². The van der Waals surface area contributed by atoms with Crippen LogP contribution in [0.3, 0.4) is 0 Å². The standard InChI is InChI=1S/C20H22N6/c1-3-16-5-9-18(10-6-16)13-21-24-20-25-22-15-26(20)23-14-19-11-7-17(4-2)8-12-19/h5-15H,3-4H2,1-2H3,(H,24,25)/b21-13+,23-14-. The molecule has 6 nitrogen and oxygen atoms in total. The second-order valence-electron chi connectivity index (χ2n) is 5.80. The molecule has 0 fully saturated rings. The molecule has 0 aliphatic rings. The predicted octanol–water partition coefficient (Wildman–Crippen LogP) is 3.73. The van der Waals surface area contributed by atoms with Crippen molar-refractivity contribution in [2.75, 3.05) is 5.43 Å². The van der Waals surface area contributed by atoms with Crippen molar-refractivity contribution >= 4 is 18.4 Å². The minimum absolute atomic E-state index is 0.452. The van der Waals surface area contributed by atoms with Gasteiger partial charge in [0, 0.05) is 0 Å². The van der Waals surface area contributed by atoms with Crippen molar-refractivity contribution in [2.45, 2.75) is 26.7 Å². The third-order valence-electron chi connectivity index (χ3n) is 4.02. The smallest absolute Gasteiger partial charge is 0.244 e. The summed E-state index contributed by atoms with van der Waals surface area (Å²) in [6.07, 6.45) is 7.09. The number of nitrogens with zero attached hydrogens (tertiary/aromatic N) is 5. The van der Waals surface area contributed by atoms with Gasteiger partial charge in [-0.05, 0) is 35.1 Å². The quantitative estimate of drug-likeness (QED) is 0.523. The Bertz CT molecular complexity index is 875. The third-order valence-corrected chi connectivity index (χ3v) is 4.02. The number of hydrazone groups is 1. The maximum Gasteiger partial charge on any atom is 0.265 e. The molecule has 26 heavy (non-hydrogen) atoms. The van der Waals surface area contributed by atoms with E-state index in [1.807, 2.05) is 24.3 Å². The van der Waals surface area contributed by atoms with E-state index < -0.39 is 0 Å². The van der Waals surface area contributed by atoms with Crippen LogP contribution in [0.25, 0.3) is 0 Å². The Morgan fingerprint density at radius 2 is 1.46 bits per heavy atom. The summed E-state index contributed by atoms with van der Waals surface area (Å²) in [6, 6.07) is 16.5. The van der Waals surface area contributed by atoms with Crippen LogP contribution in [0.15, 0.2) is 65.1 Å². The summed E-state index contributed by atoms with van der Waals surface area (Å²) in [5.74, 6) is 0.452. The maximum atomic E-state index is 4.37. The average Bonchev–Trinajstić information content (AvgIpc) is 3.14. The van der Waals surface area contributed by atoms with Gasteiger partial charge in [0.25, 0.3) is 5.95 Å². The molecule has 2 aromatic carbocycles. The van der Waals surface area contributed by atoms with Gasteiger partial charge in [0.2, 0.25) is 0 Å². The van der Waals surface area contributed by atoms with Crippen molar-refractivity contribution < 1.29 is 0 Å². The molecule has 132 valence electrons. The van der Waals surface area contributed by atoms with Gasteiger partial charge < -0.3 is 0 Å². The Kier molecular flexibility index (Phi) is 5.88. The molecule has 0 atom stereocenters. The van der Waals surface area contributed by atoms with Crippen LogP contribution in [0.1, 0.15) is 36.1 Å². The minimum atomic E-state index is 0.452. The number of aromatic nitrogens is 3. The fraction of sp³-hybridized carbons (Fsp3) is 0.200. The van der Waals surface area contributed by atoms with Crippen LogP contribution in [0.5, 0.6) is 0 Å². The number of aryl methyl sites for hydroxylation is 2. The zero-order valence-corrected chi connectivity index (χ0v) is 15.0. The first-order chi connectivity index (χ1) is 12.8. The van der Waals surface area contributed by atoms with Crippen molar-refractivity contribution in [1.29, 1.82) is 0 Å². The van der Waals surface area contributed by atoms with E-state index in [1.165, 1.54) is 17.5 Å². The second-order valence-corrected chi connectivity index (χ2v) is 5.80. The van der Waals surface area contributed by atoms with Crippen molar-refractivity contribution in [2.24, 2.45) is 10.2 Å². The molecule has 0 amide bonds. The van der Waals surface area contributed by atoms with E-state index >= 15 is 0 Å². The van der Waals surface area contributed by atoms with Crippen molar-refractivity contribution in [3.8, 4) is 0 Å². The topological polar surface area (TPSA) is 67.5 Å². The molecule has 1 heterocycles. The molecule has 0 radical (unpaired) electrons. The Morgan fingerprint density at radius 3 is 2.04 bits per heavy atom. The Balaban J connectivity index is 1.63. The van der Waals surface area contributed by atoms with Gasteiger partial charge in [-0.15, -0.1) is 10.2 Å². The highest BCUT2D eigenvalue weighted by molar-refractivity contribution is 5.80. The minimum Gasteiger partial charge on any atom is -0.244 e. The molecule has 0 spiro atoms. The Morgan fingerprint density at radius 1 is 0.885 bits per heavy atom.